The van der Waals surface area contributed by atoms with E-state index in [0.717, 1.165) is 84.6 Å². The number of carbonyl (C=O) groups is 1. The number of carboxylic acids is 1. The lowest BCUT2D eigenvalue weighted by Gasteiger charge is -2.27. The lowest BCUT2D eigenvalue weighted by atomic mass is 9.75. The fourth-order valence-corrected chi connectivity index (χ4v) is 11.2. The Bertz CT molecular complexity index is 2530. The minimum atomic E-state index is -4.68. The van der Waals surface area contributed by atoms with Crippen LogP contribution < -0.4 is 4.90 Å². The van der Waals surface area contributed by atoms with Crippen molar-refractivity contribution in [1.82, 2.24) is 0 Å². The Kier molecular flexibility index (Phi) is 31.5. The molecule has 1 N–H and O–H groups in total. The van der Waals surface area contributed by atoms with Gasteiger partial charge in [0.25, 0.3) is 0 Å². The summed E-state index contributed by atoms with van der Waals surface area (Å²) in [7, 11) is -3.04. The summed E-state index contributed by atoms with van der Waals surface area (Å²) in [6, 6.07) is 11.3. The first kappa shape index (κ1) is 68.9. The van der Waals surface area contributed by atoms with Crippen molar-refractivity contribution in [2.75, 3.05) is 164 Å². The zero-order valence-corrected chi connectivity index (χ0v) is 51.2. The summed E-state index contributed by atoms with van der Waals surface area (Å²) < 4.78 is 99.9. The van der Waals surface area contributed by atoms with Gasteiger partial charge in [-0.25, -0.2) is 8.42 Å². The van der Waals surface area contributed by atoms with Gasteiger partial charge in [-0.15, -0.1) is 0 Å². The minimum absolute atomic E-state index is 0.178. The Morgan fingerprint density at radius 3 is 1.71 bits per heavy atom. The highest BCUT2D eigenvalue weighted by Gasteiger charge is 2.47. The van der Waals surface area contributed by atoms with Gasteiger partial charge >= 0.3 is 5.97 Å². The van der Waals surface area contributed by atoms with Gasteiger partial charge in [-0.3, -0.25) is 4.79 Å². The Morgan fingerprint density at radius 1 is 0.683 bits per heavy atom. The number of anilines is 1. The number of hydrogen-bond acceptors (Lipinski definition) is 16. The van der Waals surface area contributed by atoms with Crippen LogP contribution in [0.3, 0.4) is 0 Å². The van der Waals surface area contributed by atoms with Gasteiger partial charge in [-0.2, -0.15) is 4.58 Å². The molecule has 3 aliphatic rings. The Balaban J connectivity index is 1.03. The number of halogens is 1. The van der Waals surface area contributed by atoms with Crippen LogP contribution in [0.25, 0.3) is 0 Å². The van der Waals surface area contributed by atoms with Crippen molar-refractivity contribution >= 4 is 44.8 Å². The number of rotatable bonds is 45. The van der Waals surface area contributed by atoms with E-state index in [4.69, 9.17) is 63.7 Å². The Hall–Kier alpha value is -3.90. The molecule has 460 valence electrons. The molecule has 2 aliphatic heterocycles. The average Bonchev–Trinajstić information content (AvgIpc) is 3.84. The topological polar surface area (TPSA) is 202 Å². The van der Waals surface area contributed by atoms with Crippen LogP contribution in [0.4, 0.5) is 11.4 Å². The van der Waals surface area contributed by atoms with Crippen molar-refractivity contribution in [2.45, 2.75) is 108 Å². The van der Waals surface area contributed by atoms with E-state index in [-0.39, 0.29) is 16.7 Å². The van der Waals surface area contributed by atoms with E-state index in [1.807, 2.05) is 13.8 Å². The zero-order valence-electron chi connectivity index (χ0n) is 49.7. The second kappa shape index (κ2) is 37.5. The number of aryl methyl sites for hydroxylation is 1. The first-order valence-corrected chi connectivity index (χ1v) is 31.0. The van der Waals surface area contributed by atoms with Crippen LogP contribution in [0.1, 0.15) is 102 Å². The summed E-state index contributed by atoms with van der Waals surface area (Å²) in [6.45, 7) is 21.9. The molecule has 0 saturated carbocycles. The largest absolute Gasteiger partial charge is 0.744 e. The fourth-order valence-electron chi connectivity index (χ4n) is 10.4. The molecule has 0 radical (unpaired) electrons. The van der Waals surface area contributed by atoms with Gasteiger partial charge < -0.3 is 66.7 Å². The van der Waals surface area contributed by atoms with Crippen LogP contribution >= 0.6 is 11.6 Å². The normalized spacial score (nSPS) is 18.1. The number of fused-ring (bicyclic) bond motifs is 2. The summed E-state index contributed by atoms with van der Waals surface area (Å²) in [5.41, 5.74) is 8.68. The molecule has 0 bridgehead atoms. The molecular formula is C62H93ClN2O16S. The minimum Gasteiger partial charge on any atom is -0.744 e. The number of allylic oxidation sites excluding steroid dienone is 8. The number of carboxylic acid groups (broad SMARTS) is 1. The maximum absolute atomic E-state index is 12.2. The molecule has 1 atom stereocenters. The molecule has 0 amide bonds. The number of ether oxygens (including phenoxy) is 11. The predicted molar refractivity (Wildman–Crippen MR) is 316 cm³/mol. The molecule has 20 heteroatoms. The van der Waals surface area contributed by atoms with E-state index >= 15 is 0 Å². The summed E-state index contributed by atoms with van der Waals surface area (Å²) in [5, 5.41) is 9.95. The Morgan fingerprint density at radius 2 is 1.21 bits per heavy atom. The first-order chi connectivity index (χ1) is 39.6. The third kappa shape index (κ3) is 22.5. The van der Waals surface area contributed by atoms with Crippen molar-refractivity contribution in [3.8, 4) is 0 Å². The van der Waals surface area contributed by atoms with Gasteiger partial charge in [-0.1, -0.05) is 62.6 Å². The highest BCUT2D eigenvalue weighted by atomic mass is 35.5. The molecule has 5 rings (SSSR count). The van der Waals surface area contributed by atoms with E-state index in [1.165, 1.54) is 34.7 Å². The van der Waals surface area contributed by atoms with Crippen molar-refractivity contribution in [2.24, 2.45) is 0 Å². The van der Waals surface area contributed by atoms with Crippen molar-refractivity contribution in [1.29, 1.82) is 0 Å². The summed E-state index contributed by atoms with van der Waals surface area (Å²) in [5.74, 6) is -0.760. The summed E-state index contributed by atoms with van der Waals surface area (Å²) in [4.78, 5) is 13.1. The molecule has 2 heterocycles. The van der Waals surface area contributed by atoms with Gasteiger partial charge in [0, 0.05) is 66.0 Å². The van der Waals surface area contributed by atoms with E-state index < -0.39 is 21.5 Å². The monoisotopic (exact) mass is 1190 g/mol. The van der Waals surface area contributed by atoms with Crippen LogP contribution in [0.5, 0.6) is 0 Å². The SMILES string of the molecule is CCCC1(C)C(C=CC2=C(Cl)C(=CC=C3N(CCOCCOCCOCCOCCOCCOCCOCCOCCOCCOCCOC)c4ccc(S(=O)(=O)[O-])cc4C3(C)C)CCC2)=[N+](CCCCCC(=O)O)c2ccc(C)cc21. The molecule has 0 fully saturated rings. The van der Waals surface area contributed by atoms with E-state index in [1.54, 1.807) is 13.2 Å². The van der Waals surface area contributed by atoms with Crippen LogP contribution in [0, 0.1) is 6.92 Å². The van der Waals surface area contributed by atoms with Gasteiger partial charge in [0.15, 0.2) is 5.71 Å². The number of hydrogen-bond donors (Lipinski definition) is 1. The van der Waals surface area contributed by atoms with Gasteiger partial charge in [0.05, 0.1) is 149 Å². The van der Waals surface area contributed by atoms with Gasteiger partial charge in [-0.05, 0) is 99.4 Å². The Labute approximate surface area is 493 Å². The van der Waals surface area contributed by atoms with E-state index in [9.17, 15) is 22.9 Å². The first-order valence-electron chi connectivity index (χ1n) is 29.2. The van der Waals surface area contributed by atoms with E-state index in [0.29, 0.717) is 152 Å². The molecule has 0 spiro atoms. The number of nitrogens with zero attached hydrogens (tertiary/aromatic N) is 2. The molecule has 2 aromatic rings. The average molecular weight is 1190 g/mol. The maximum Gasteiger partial charge on any atom is 0.303 e. The quantitative estimate of drug-likeness (QED) is 0.0373. The number of unbranched alkanes of at least 4 members (excludes halogenated alkanes) is 2. The smallest absolute Gasteiger partial charge is 0.303 e. The lowest BCUT2D eigenvalue weighted by molar-refractivity contribution is -0.438. The third-order valence-electron chi connectivity index (χ3n) is 14.6. The molecule has 1 aliphatic carbocycles. The summed E-state index contributed by atoms with van der Waals surface area (Å²) >= 11 is 7.34. The second-order valence-corrected chi connectivity index (χ2v) is 22.9. The number of benzene rings is 2. The zero-order chi connectivity index (χ0) is 59.1. The highest BCUT2D eigenvalue weighted by Crippen LogP contribution is 2.49. The maximum atomic E-state index is 12.2. The van der Waals surface area contributed by atoms with Gasteiger partial charge in [0.1, 0.15) is 16.7 Å². The second-order valence-electron chi connectivity index (χ2n) is 21.1. The van der Waals surface area contributed by atoms with Crippen LogP contribution in [-0.4, -0.2) is 193 Å². The van der Waals surface area contributed by atoms with Crippen molar-refractivity contribution in [3.63, 3.8) is 0 Å². The molecule has 2 aromatic carbocycles. The molecule has 18 nitrogen and oxygen atoms in total. The standard InChI is InChI=1S/C62H93ClN2O16S/c1-7-23-62(5)54-47-49(2)15-19-56(54)64(24-10-8-9-14-59(66)67)58(62)22-17-51-13-11-12-50(60(51)63)16-21-57-61(3,4)53-48-52(82(68,69)70)18-20-55(53)65(57)25-26-72-29-30-74-33-34-76-37-38-78-41-42-80-45-46-81-44-43-79-40-39-77-36-35-75-32-31-73-28-27-71-6/h15-22,47-48H,7-14,23-46H2,1-6H3,(H-,66,67,68,69,70). The molecule has 82 heavy (non-hydrogen) atoms. The van der Waals surface area contributed by atoms with Crippen molar-refractivity contribution in [3.05, 3.63) is 99.3 Å². The summed E-state index contributed by atoms with van der Waals surface area (Å²) in [6.07, 6.45) is 15.7. The van der Waals surface area contributed by atoms with Crippen molar-refractivity contribution < 1.29 is 79.6 Å². The van der Waals surface area contributed by atoms with Crippen LogP contribution in [-0.2, 0) is 77.8 Å². The highest BCUT2D eigenvalue weighted by molar-refractivity contribution is 7.85. The molecule has 0 saturated heterocycles. The molecule has 1 unspecified atom stereocenters. The number of methoxy groups -OCH3 is 1. The predicted octanol–water partition coefficient (Wildman–Crippen LogP) is 9.35. The van der Waals surface area contributed by atoms with E-state index in [2.05, 4.69) is 72.7 Å². The number of aliphatic carboxylic acids is 1. The third-order valence-corrected chi connectivity index (χ3v) is 16.0. The molecular weight excluding hydrogens is 1100 g/mol. The fraction of sp³-hybridized carbons (Fsp3) is 0.645. The lowest BCUT2D eigenvalue weighted by Crippen LogP contribution is -2.31. The molecule has 0 aromatic heterocycles. The van der Waals surface area contributed by atoms with Crippen LogP contribution in [0.2, 0.25) is 0 Å². The van der Waals surface area contributed by atoms with Gasteiger partial charge in [0.2, 0.25) is 5.69 Å². The van der Waals surface area contributed by atoms with Crippen LogP contribution in [0.15, 0.2) is 87.5 Å².